The first-order valence-electron chi connectivity index (χ1n) is 9.64. The molecule has 1 aromatic heterocycles. The van der Waals surface area contributed by atoms with E-state index in [-0.39, 0.29) is 18.2 Å². The highest BCUT2D eigenvalue weighted by atomic mass is 32.2. The van der Waals surface area contributed by atoms with Crippen LogP contribution < -0.4 is 10.6 Å². The fourth-order valence-electron chi connectivity index (χ4n) is 3.59. The highest BCUT2D eigenvalue weighted by molar-refractivity contribution is 8.01. The van der Waals surface area contributed by atoms with Gasteiger partial charge in [0.15, 0.2) is 4.34 Å². The normalized spacial score (nSPS) is 24.2. The van der Waals surface area contributed by atoms with Gasteiger partial charge in [0.05, 0.1) is 0 Å². The Hall–Kier alpha value is -1.52. The minimum absolute atomic E-state index is 0.0816. The van der Waals surface area contributed by atoms with Crippen LogP contribution in [0, 0.1) is 6.92 Å². The van der Waals surface area contributed by atoms with Gasteiger partial charge in [0, 0.05) is 50.9 Å². The average molecular weight is 419 g/mol. The number of nitrogens with one attached hydrogen (secondary N) is 2. The molecule has 2 unspecified atom stereocenters. The summed E-state index contributed by atoms with van der Waals surface area (Å²) >= 11 is 3.28. The monoisotopic (exact) mass is 418 g/mol. The smallest absolute Gasteiger partial charge is 0.223 e. The van der Waals surface area contributed by atoms with Crippen LogP contribution in [-0.2, 0) is 11.3 Å². The maximum Gasteiger partial charge on any atom is 0.223 e. The molecule has 1 amide bonds. The van der Waals surface area contributed by atoms with Crippen LogP contribution in [-0.4, -0.2) is 70.2 Å². The van der Waals surface area contributed by atoms with Crippen molar-refractivity contribution >= 4 is 29.0 Å². The van der Waals surface area contributed by atoms with Crippen LogP contribution >= 0.6 is 23.1 Å². The van der Waals surface area contributed by atoms with E-state index >= 15 is 0 Å². The third-order valence-corrected chi connectivity index (χ3v) is 7.19. The topological polar surface area (TPSA) is 73.4 Å². The van der Waals surface area contributed by atoms with Gasteiger partial charge in [-0.3, -0.25) is 19.9 Å². The Morgan fingerprint density at radius 1 is 1.18 bits per heavy atom. The second-order valence-corrected chi connectivity index (χ2v) is 9.68. The molecule has 2 atom stereocenters. The fraction of sp³-hybridized carbons (Fsp3) is 0.526. The number of nitrogens with zero attached hydrogens (tertiary/aromatic N) is 4. The second-order valence-electron chi connectivity index (χ2n) is 7.23. The number of hydrogen-bond acceptors (Lipinski definition) is 8. The average Bonchev–Trinajstić information content (AvgIpc) is 3.13. The molecule has 28 heavy (non-hydrogen) atoms. The highest BCUT2D eigenvalue weighted by Crippen LogP contribution is 2.24. The van der Waals surface area contributed by atoms with E-state index in [1.54, 1.807) is 23.1 Å². The summed E-state index contributed by atoms with van der Waals surface area (Å²) in [5.74, 6) is 0.946. The maximum atomic E-state index is 12.2. The lowest BCUT2D eigenvalue weighted by atomic mass is 10.1. The van der Waals surface area contributed by atoms with Gasteiger partial charge in [-0.1, -0.05) is 53.4 Å². The lowest BCUT2D eigenvalue weighted by Gasteiger charge is -2.43. The molecule has 0 aliphatic carbocycles. The van der Waals surface area contributed by atoms with Gasteiger partial charge < -0.3 is 5.32 Å². The molecule has 2 aliphatic rings. The van der Waals surface area contributed by atoms with Crippen LogP contribution in [0.15, 0.2) is 34.7 Å². The van der Waals surface area contributed by atoms with E-state index in [1.165, 1.54) is 5.56 Å². The van der Waals surface area contributed by atoms with Crippen LogP contribution in [0.1, 0.15) is 17.0 Å². The first-order valence-corrected chi connectivity index (χ1v) is 11.4. The Balaban J connectivity index is 1.26. The minimum atomic E-state index is -0.0816. The molecule has 150 valence electrons. The zero-order valence-electron chi connectivity index (χ0n) is 16.0. The van der Waals surface area contributed by atoms with Crippen LogP contribution in [0.25, 0.3) is 0 Å². The number of aromatic nitrogens is 2. The van der Waals surface area contributed by atoms with E-state index in [0.717, 1.165) is 47.8 Å². The van der Waals surface area contributed by atoms with Crippen molar-refractivity contribution in [2.45, 2.75) is 36.6 Å². The van der Waals surface area contributed by atoms with Crippen LogP contribution in [0.5, 0.6) is 0 Å². The number of amides is 1. The predicted molar refractivity (Wildman–Crippen MR) is 112 cm³/mol. The van der Waals surface area contributed by atoms with Crippen molar-refractivity contribution in [1.82, 2.24) is 30.6 Å². The Morgan fingerprint density at radius 3 is 2.68 bits per heavy atom. The van der Waals surface area contributed by atoms with Gasteiger partial charge in [-0.2, -0.15) is 0 Å². The van der Waals surface area contributed by atoms with Crippen molar-refractivity contribution in [3.05, 3.63) is 40.9 Å². The molecular formula is C19H26N6OS2. The molecule has 2 saturated heterocycles. The standard InChI is InChI=1S/C19H26N6OS2/c1-14-22-23-19(28-14)27-13-16-11-17(26)21-18(20-16)25-9-7-24(8-10-25)12-15-5-3-2-4-6-15/h2-6,16,18,20H,7-13H2,1H3,(H,21,26). The molecule has 7 nitrogen and oxygen atoms in total. The van der Waals surface area contributed by atoms with Crippen molar-refractivity contribution in [2.75, 3.05) is 31.9 Å². The molecule has 0 saturated carbocycles. The van der Waals surface area contributed by atoms with Gasteiger partial charge in [-0.15, -0.1) is 10.2 Å². The molecule has 9 heteroatoms. The Kier molecular flexibility index (Phi) is 6.58. The molecule has 1 aromatic carbocycles. The highest BCUT2D eigenvalue weighted by Gasteiger charge is 2.31. The van der Waals surface area contributed by atoms with E-state index in [4.69, 9.17) is 0 Å². The summed E-state index contributed by atoms with van der Waals surface area (Å²) in [6.07, 6.45) is 0.428. The largest absolute Gasteiger partial charge is 0.328 e. The Morgan fingerprint density at radius 2 is 1.96 bits per heavy atom. The number of piperazine rings is 1. The van der Waals surface area contributed by atoms with Crippen molar-refractivity contribution in [3.63, 3.8) is 0 Å². The van der Waals surface area contributed by atoms with Gasteiger partial charge in [-0.05, 0) is 12.5 Å². The van der Waals surface area contributed by atoms with Gasteiger partial charge in [-0.25, -0.2) is 0 Å². The second kappa shape index (κ2) is 9.32. The zero-order valence-corrected chi connectivity index (χ0v) is 17.6. The first kappa shape index (κ1) is 19.8. The molecule has 2 fully saturated rings. The molecule has 2 aromatic rings. The molecule has 2 aliphatic heterocycles. The van der Waals surface area contributed by atoms with Crippen LogP contribution in [0.4, 0.5) is 0 Å². The summed E-state index contributed by atoms with van der Waals surface area (Å²) in [5.41, 5.74) is 1.35. The lowest BCUT2D eigenvalue weighted by molar-refractivity contribution is -0.127. The summed E-state index contributed by atoms with van der Waals surface area (Å²) in [6.45, 7) is 6.85. The van der Waals surface area contributed by atoms with Crippen molar-refractivity contribution in [1.29, 1.82) is 0 Å². The molecule has 3 heterocycles. The number of carbonyl (C=O) groups is 1. The minimum Gasteiger partial charge on any atom is -0.328 e. The van der Waals surface area contributed by atoms with E-state index < -0.39 is 0 Å². The lowest BCUT2D eigenvalue weighted by Crippen LogP contribution is -2.66. The summed E-state index contributed by atoms with van der Waals surface area (Å²) < 4.78 is 0.969. The Labute approximate surface area is 173 Å². The molecule has 0 spiro atoms. The quantitative estimate of drug-likeness (QED) is 0.689. The van der Waals surface area contributed by atoms with Gasteiger partial charge >= 0.3 is 0 Å². The Bertz CT molecular complexity index is 778. The van der Waals surface area contributed by atoms with Crippen LogP contribution in [0.3, 0.4) is 0 Å². The van der Waals surface area contributed by atoms with E-state index in [0.29, 0.717) is 6.42 Å². The SMILES string of the molecule is Cc1nnc(SCC2CC(=O)NC(N3CCN(Cc4ccccc4)CC3)N2)s1. The molecule has 0 radical (unpaired) electrons. The number of hydrogen-bond donors (Lipinski definition) is 2. The van der Waals surface area contributed by atoms with Gasteiger partial charge in [0.25, 0.3) is 0 Å². The number of aryl methyl sites for hydroxylation is 1. The van der Waals surface area contributed by atoms with Gasteiger partial charge in [0.1, 0.15) is 11.3 Å². The summed E-state index contributed by atoms with van der Waals surface area (Å²) in [4.78, 5) is 17.0. The predicted octanol–water partition coefficient (Wildman–Crippen LogP) is 1.52. The summed E-state index contributed by atoms with van der Waals surface area (Å²) in [5, 5.41) is 15.9. The van der Waals surface area contributed by atoms with Crippen molar-refractivity contribution in [2.24, 2.45) is 0 Å². The third-order valence-electron chi connectivity index (χ3n) is 5.06. The third kappa shape index (κ3) is 5.30. The molecule has 0 bridgehead atoms. The number of benzene rings is 1. The van der Waals surface area contributed by atoms with Crippen molar-refractivity contribution < 1.29 is 4.79 Å². The number of thioether (sulfide) groups is 1. The number of carbonyl (C=O) groups excluding carboxylic acids is 1. The zero-order chi connectivity index (χ0) is 19.3. The van der Waals surface area contributed by atoms with Crippen LogP contribution in [0.2, 0.25) is 0 Å². The van der Waals surface area contributed by atoms with Crippen molar-refractivity contribution in [3.8, 4) is 0 Å². The fourth-order valence-corrected chi connectivity index (χ4v) is 5.47. The molecule has 4 rings (SSSR count). The van der Waals surface area contributed by atoms with E-state index in [9.17, 15) is 4.79 Å². The van der Waals surface area contributed by atoms with Gasteiger partial charge in [0.2, 0.25) is 5.91 Å². The number of rotatable bonds is 6. The van der Waals surface area contributed by atoms with E-state index in [1.807, 2.05) is 6.92 Å². The maximum absolute atomic E-state index is 12.2. The molecular weight excluding hydrogens is 392 g/mol. The summed E-state index contributed by atoms with van der Waals surface area (Å²) in [6, 6.07) is 10.7. The first-order chi connectivity index (χ1) is 13.7. The summed E-state index contributed by atoms with van der Waals surface area (Å²) in [7, 11) is 0. The van der Waals surface area contributed by atoms with E-state index in [2.05, 4.69) is 61.0 Å². The molecule has 2 N–H and O–H groups in total.